The van der Waals surface area contributed by atoms with Crippen molar-refractivity contribution in [3.05, 3.63) is 94.3 Å². The van der Waals surface area contributed by atoms with Crippen molar-refractivity contribution in [2.24, 2.45) is 5.92 Å². The minimum atomic E-state index is -0.808. The molecular formula is C30H29FN2O5. The summed E-state index contributed by atoms with van der Waals surface area (Å²) in [5.74, 6) is -0.368. The van der Waals surface area contributed by atoms with Crippen LogP contribution in [0.2, 0.25) is 0 Å². The third-order valence-corrected chi connectivity index (χ3v) is 7.93. The molecule has 2 amide bonds. The van der Waals surface area contributed by atoms with Crippen molar-refractivity contribution in [3.63, 3.8) is 0 Å². The van der Waals surface area contributed by atoms with Gasteiger partial charge in [-0.2, -0.15) is 0 Å². The number of fused-ring (bicyclic) bond motifs is 3. The molecule has 0 bridgehead atoms. The fraction of sp³-hybridized carbons (Fsp3) is 0.333. The molecule has 3 aromatic rings. The molecule has 3 aliphatic rings. The van der Waals surface area contributed by atoms with E-state index in [1.54, 1.807) is 21.9 Å². The van der Waals surface area contributed by atoms with Crippen molar-refractivity contribution in [2.75, 3.05) is 24.8 Å². The minimum absolute atomic E-state index is 0.0552. The van der Waals surface area contributed by atoms with Crippen molar-refractivity contribution in [2.45, 2.75) is 38.5 Å². The lowest BCUT2D eigenvalue weighted by Crippen LogP contribution is -2.33. The van der Waals surface area contributed by atoms with Crippen LogP contribution >= 0.6 is 0 Å². The van der Waals surface area contributed by atoms with Gasteiger partial charge in [-0.25, -0.2) is 4.39 Å². The molecule has 2 heterocycles. The van der Waals surface area contributed by atoms with Crippen LogP contribution in [-0.4, -0.2) is 41.8 Å². The molecule has 196 valence electrons. The molecule has 1 saturated carbocycles. The van der Waals surface area contributed by atoms with E-state index in [2.05, 4.69) is 0 Å². The van der Waals surface area contributed by atoms with Gasteiger partial charge in [0.1, 0.15) is 11.6 Å². The van der Waals surface area contributed by atoms with Crippen LogP contribution in [0.1, 0.15) is 46.0 Å². The van der Waals surface area contributed by atoms with Crippen LogP contribution in [-0.2, 0) is 34.6 Å². The van der Waals surface area contributed by atoms with E-state index in [9.17, 15) is 19.1 Å². The zero-order valence-electron chi connectivity index (χ0n) is 21.2. The molecule has 8 heteroatoms. The Labute approximate surface area is 220 Å². The lowest BCUT2D eigenvalue weighted by molar-refractivity contribution is -0.120. The Bertz CT molecular complexity index is 1410. The van der Waals surface area contributed by atoms with E-state index >= 15 is 0 Å². The summed E-state index contributed by atoms with van der Waals surface area (Å²) in [6.45, 7) is 3.21. The first kappa shape index (κ1) is 24.6. The summed E-state index contributed by atoms with van der Waals surface area (Å²) >= 11 is 0. The standard InChI is InChI=1S/C30H29FN2O5/c1-2-32(14-19-6-4-3-5-7-19)28(35)20-8-9-25-26(12-20)33(29(36)30(25)13-23(30)16-34)15-21-10-24(31)11-22-17-37-18-38-27(21)22/h3-12,23,34H,2,13-18H2,1H3. The minimum Gasteiger partial charge on any atom is -0.467 e. The highest BCUT2D eigenvalue weighted by Gasteiger charge is 2.66. The number of carbonyl (C=O) groups excluding carboxylic acids is 2. The Kier molecular flexibility index (Phi) is 6.16. The molecule has 2 aliphatic heterocycles. The number of rotatable bonds is 7. The molecule has 7 nitrogen and oxygen atoms in total. The SMILES string of the molecule is CCN(Cc1ccccc1)C(=O)c1ccc2c(c1)N(Cc1cc(F)cc3c1OCOC3)C(=O)C21CC1CO. The zero-order valence-corrected chi connectivity index (χ0v) is 21.2. The molecule has 0 radical (unpaired) electrons. The normalized spacial score (nSPS) is 21.2. The molecule has 38 heavy (non-hydrogen) atoms. The van der Waals surface area contributed by atoms with Gasteiger partial charge in [-0.15, -0.1) is 0 Å². The topological polar surface area (TPSA) is 79.3 Å². The molecule has 3 aromatic carbocycles. The second-order valence-corrected chi connectivity index (χ2v) is 10.1. The van der Waals surface area contributed by atoms with Crippen molar-refractivity contribution in [1.82, 2.24) is 4.90 Å². The van der Waals surface area contributed by atoms with Gasteiger partial charge in [0.2, 0.25) is 5.91 Å². The summed E-state index contributed by atoms with van der Waals surface area (Å²) < 4.78 is 25.5. The van der Waals surface area contributed by atoms with E-state index in [0.29, 0.717) is 47.6 Å². The van der Waals surface area contributed by atoms with Crippen LogP contribution in [0, 0.1) is 11.7 Å². The average Bonchev–Trinajstić information content (AvgIpc) is 3.64. The molecule has 0 aromatic heterocycles. The van der Waals surface area contributed by atoms with Gasteiger partial charge >= 0.3 is 0 Å². The highest BCUT2D eigenvalue weighted by Crippen LogP contribution is 2.62. The summed E-state index contributed by atoms with van der Waals surface area (Å²) in [7, 11) is 0. The fourth-order valence-corrected chi connectivity index (χ4v) is 5.89. The fourth-order valence-electron chi connectivity index (χ4n) is 5.89. The van der Waals surface area contributed by atoms with E-state index in [1.807, 2.05) is 43.3 Å². The summed E-state index contributed by atoms with van der Waals surface area (Å²) in [5, 5.41) is 9.92. The lowest BCUT2D eigenvalue weighted by atomic mass is 9.94. The molecule has 1 fully saturated rings. The van der Waals surface area contributed by atoms with Crippen molar-refractivity contribution in [1.29, 1.82) is 0 Å². The molecule has 1 N–H and O–H groups in total. The highest BCUT2D eigenvalue weighted by molar-refractivity contribution is 6.11. The molecule has 2 atom stereocenters. The number of benzene rings is 3. The molecule has 2 unspecified atom stereocenters. The quantitative estimate of drug-likeness (QED) is 0.511. The molecule has 1 spiro atoms. The van der Waals surface area contributed by atoms with Gasteiger partial charge in [0.25, 0.3) is 5.91 Å². The Hall–Kier alpha value is -3.75. The third kappa shape index (κ3) is 3.95. The molecule has 1 aliphatic carbocycles. The second-order valence-electron chi connectivity index (χ2n) is 10.1. The Morgan fingerprint density at radius 3 is 2.74 bits per heavy atom. The predicted molar refractivity (Wildman–Crippen MR) is 138 cm³/mol. The van der Waals surface area contributed by atoms with E-state index in [-0.39, 0.29) is 44.3 Å². The maximum absolute atomic E-state index is 14.5. The van der Waals surface area contributed by atoms with Gasteiger partial charge in [-0.05, 0) is 48.7 Å². The summed E-state index contributed by atoms with van der Waals surface area (Å²) in [5.41, 5.74) is 3.26. The van der Waals surface area contributed by atoms with Gasteiger partial charge < -0.3 is 24.4 Å². The van der Waals surface area contributed by atoms with E-state index in [1.165, 1.54) is 12.1 Å². The number of halogens is 1. The van der Waals surface area contributed by atoms with Crippen LogP contribution < -0.4 is 9.64 Å². The van der Waals surface area contributed by atoms with E-state index < -0.39 is 11.2 Å². The number of carbonyl (C=O) groups is 2. The maximum atomic E-state index is 14.5. The number of hydrogen-bond donors (Lipinski definition) is 1. The average molecular weight is 517 g/mol. The van der Waals surface area contributed by atoms with E-state index in [0.717, 1.165) is 11.1 Å². The lowest BCUT2D eigenvalue weighted by Gasteiger charge is -2.25. The van der Waals surface area contributed by atoms with Crippen LogP contribution in [0.4, 0.5) is 10.1 Å². The first-order chi connectivity index (χ1) is 18.5. The number of amides is 2. The number of nitrogens with zero attached hydrogens (tertiary/aromatic N) is 2. The van der Waals surface area contributed by atoms with Crippen molar-refractivity contribution >= 4 is 17.5 Å². The van der Waals surface area contributed by atoms with Crippen molar-refractivity contribution < 1.29 is 28.6 Å². The number of anilines is 1. The van der Waals surface area contributed by atoms with Crippen LogP contribution in [0.25, 0.3) is 0 Å². The van der Waals surface area contributed by atoms with Gasteiger partial charge in [-0.3, -0.25) is 9.59 Å². The Morgan fingerprint density at radius 2 is 2.00 bits per heavy atom. The largest absolute Gasteiger partial charge is 0.467 e. The maximum Gasteiger partial charge on any atom is 0.254 e. The molecule has 0 saturated heterocycles. The number of aliphatic hydroxyl groups is 1. The van der Waals surface area contributed by atoms with Gasteiger partial charge in [-0.1, -0.05) is 36.4 Å². The Morgan fingerprint density at radius 1 is 1.18 bits per heavy atom. The third-order valence-electron chi connectivity index (χ3n) is 7.93. The van der Waals surface area contributed by atoms with Crippen LogP contribution in [0.3, 0.4) is 0 Å². The monoisotopic (exact) mass is 516 g/mol. The summed E-state index contributed by atoms with van der Waals surface area (Å²) in [4.78, 5) is 30.8. The molecule has 6 rings (SSSR count). The number of aliphatic hydroxyl groups excluding tert-OH is 1. The summed E-state index contributed by atoms with van der Waals surface area (Å²) in [6, 6.07) is 17.9. The van der Waals surface area contributed by atoms with Gasteiger partial charge in [0, 0.05) is 48.0 Å². The highest BCUT2D eigenvalue weighted by atomic mass is 19.1. The van der Waals surface area contributed by atoms with Crippen LogP contribution in [0.15, 0.2) is 60.7 Å². The number of ether oxygens (including phenoxy) is 2. The van der Waals surface area contributed by atoms with Crippen LogP contribution in [0.5, 0.6) is 5.75 Å². The smallest absolute Gasteiger partial charge is 0.254 e. The first-order valence-corrected chi connectivity index (χ1v) is 12.9. The zero-order chi connectivity index (χ0) is 26.4. The Balaban J connectivity index is 1.37. The summed E-state index contributed by atoms with van der Waals surface area (Å²) in [6.07, 6.45) is 0.541. The van der Waals surface area contributed by atoms with Gasteiger partial charge in [0.05, 0.1) is 18.6 Å². The first-order valence-electron chi connectivity index (χ1n) is 12.9. The number of hydrogen-bond acceptors (Lipinski definition) is 5. The van der Waals surface area contributed by atoms with Crippen molar-refractivity contribution in [3.8, 4) is 5.75 Å². The molecular weight excluding hydrogens is 487 g/mol. The predicted octanol–water partition coefficient (Wildman–Crippen LogP) is 4.15. The van der Waals surface area contributed by atoms with E-state index in [4.69, 9.17) is 9.47 Å². The van der Waals surface area contributed by atoms with Gasteiger partial charge in [0.15, 0.2) is 6.79 Å². The second kappa shape index (κ2) is 9.53.